The monoisotopic (exact) mass is 266 g/mol. The second-order valence-corrected chi connectivity index (χ2v) is 7.16. The summed E-state index contributed by atoms with van der Waals surface area (Å²) in [5, 5.41) is 11.3. The molecule has 3 fully saturated rings. The van der Waals surface area contributed by atoms with Gasteiger partial charge in [-0.2, -0.15) is 0 Å². The number of aliphatic hydroxyl groups is 1. The van der Waals surface area contributed by atoms with Gasteiger partial charge in [0.05, 0.1) is 18.8 Å². The molecule has 0 aromatic heterocycles. The quantitative estimate of drug-likeness (QED) is 0.741. The maximum absolute atomic E-state index is 11.3. The highest BCUT2D eigenvalue weighted by atomic mass is 16.7. The molecule has 0 aromatic rings. The van der Waals surface area contributed by atoms with Gasteiger partial charge < -0.3 is 14.6 Å². The number of hydrogen-bond acceptors (Lipinski definition) is 3. The van der Waals surface area contributed by atoms with Crippen LogP contribution in [0.1, 0.15) is 52.4 Å². The lowest BCUT2D eigenvalue weighted by molar-refractivity contribution is -0.263. The van der Waals surface area contributed by atoms with Gasteiger partial charge in [-0.15, -0.1) is 0 Å². The zero-order valence-corrected chi connectivity index (χ0v) is 12.2. The molecule has 3 aliphatic rings. The summed E-state index contributed by atoms with van der Waals surface area (Å²) in [7, 11) is 0. The van der Waals surface area contributed by atoms with Crippen molar-refractivity contribution in [2.75, 3.05) is 13.2 Å². The van der Waals surface area contributed by atoms with E-state index >= 15 is 0 Å². The van der Waals surface area contributed by atoms with Crippen molar-refractivity contribution in [3.63, 3.8) is 0 Å². The van der Waals surface area contributed by atoms with Gasteiger partial charge in [0.2, 0.25) is 0 Å². The Morgan fingerprint density at radius 1 is 1.21 bits per heavy atom. The molecule has 2 aliphatic carbocycles. The lowest BCUT2D eigenvalue weighted by Crippen LogP contribution is -2.59. The van der Waals surface area contributed by atoms with Gasteiger partial charge in [0.25, 0.3) is 0 Å². The Morgan fingerprint density at radius 2 is 1.89 bits per heavy atom. The molecule has 3 nitrogen and oxygen atoms in total. The van der Waals surface area contributed by atoms with Gasteiger partial charge in [-0.1, -0.05) is 19.1 Å². The molecule has 108 valence electrons. The van der Waals surface area contributed by atoms with Gasteiger partial charge in [-0.25, -0.2) is 0 Å². The highest BCUT2D eigenvalue weighted by Crippen LogP contribution is 2.58. The van der Waals surface area contributed by atoms with E-state index in [9.17, 15) is 5.11 Å². The van der Waals surface area contributed by atoms with Gasteiger partial charge in [0.15, 0.2) is 5.79 Å². The largest absolute Gasteiger partial charge is 0.389 e. The van der Waals surface area contributed by atoms with Crippen LogP contribution < -0.4 is 0 Å². The van der Waals surface area contributed by atoms with E-state index in [1.807, 2.05) is 0 Å². The van der Waals surface area contributed by atoms with Crippen LogP contribution in [0.3, 0.4) is 0 Å². The Bertz CT molecular complexity index is 385. The van der Waals surface area contributed by atoms with Crippen LogP contribution in [0.15, 0.2) is 12.2 Å². The zero-order chi connectivity index (χ0) is 13.7. The van der Waals surface area contributed by atoms with E-state index in [0.29, 0.717) is 25.6 Å². The Balaban J connectivity index is 1.85. The van der Waals surface area contributed by atoms with Crippen molar-refractivity contribution in [2.45, 2.75) is 63.8 Å². The standard InChI is InChI=1S/C16H26O3/c1-12(2)13-4-5-14(3)6-7-16(18-8-9-19-16)11-15(14,17)10-13/h13,17H,1,4-11H2,2-3H3/t13-,14-,15-/m0/s1. The number of allylic oxidation sites excluding steroid dienone is 1. The van der Waals surface area contributed by atoms with Crippen molar-refractivity contribution in [3.05, 3.63) is 12.2 Å². The minimum absolute atomic E-state index is 0.0134. The average molecular weight is 266 g/mol. The molecular weight excluding hydrogens is 240 g/mol. The Kier molecular flexibility index (Phi) is 3.08. The first kappa shape index (κ1) is 13.6. The highest BCUT2D eigenvalue weighted by molar-refractivity contribution is 5.12. The maximum Gasteiger partial charge on any atom is 0.171 e. The summed E-state index contributed by atoms with van der Waals surface area (Å²) in [6, 6.07) is 0. The van der Waals surface area contributed by atoms with Gasteiger partial charge in [0, 0.05) is 12.8 Å². The van der Waals surface area contributed by atoms with Crippen molar-refractivity contribution in [3.8, 4) is 0 Å². The Hall–Kier alpha value is -0.380. The number of rotatable bonds is 1. The van der Waals surface area contributed by atoms with Gasteiger partial charge in [0.1, 0.15) is 0 Å². The van der Waals surface area contributed by atoms with Crippen LogP contribution in [0.2, 0.25) is 0 Å². The fraction of sp³-hybridized carbons (Fsp3) is 0.875. The summed E-state index contributed by atoms with van der Waals surface area (Å²) in [6.45, 7) is 9.73. The van der Waals surface area contributed by atoms with E-state index in [2.05, 4.69) is 20.4 Å². The molecule has 1 aliphatic heterocycles. The summed E-state index contributed by atoms with van der Waals surface area (Å²) >= 11 is 0. The lowest BCUT2D eigenvalue weighted by atomic mass is 9.53. The van der Waals surface area contributed by atoms with E-state index in [0.717, 1.165) is 32.1 Å². The molecule has 0 unspecified atom stereocenters. The first-order chi connectivity index (χ1) is 8.88. The van der Waals surface area contributed by atoms with Gasteiger partial charge in [-0.3, -0.25) is 0 Å². The van der Waals surface area contributed by atoms with Gasteiger partial charge >= 0.3 is 0 Å². The second kappa shape index (κ2) is 4.31. The molecule has 0 radical (unpaired) electrons. The highest BCUT2D eigenvalue weighted by Gasteiger charge is 2.59. The SMILES string of the molecule is C=C(C)[C@H]1CC[C@@]2(C)CCC3(C[C@@]2(O)C1)OCCO3. The van der Waals surface area contributed by atoms with Crippen molar-refractivity contribution in [1.82, 2.24) is 0 Å². The third-order valence-electron chi connectivity index (χ3n) is 5.88. The molecule has 3 rings (SSSR count). The summed E-state index contributed by atoms with van der Waals surface area (Å²) in [6.07, 6.45) is 5.59. The summed E-state index contributed by atoms with van der Waals surface area (Å²) in [4.78, 5) is 0. The topological polar surface area (TPSA) is 38.7 Å². The van der Waals surface area contributed by atoms with Crippen LogP contribution in [0, 0.1) is 11.3 Å². The maximum atomic E-state index is 11.3. The average Bonchev–Trinajstić information content (AvgIpc) is 2.78. The van der Waals surface area contributed by atoms with Gasteiger partial charge in [-0.05, 0) is 43.9 Å². The van der Waals surface area contributed by atoms with Crippen molar-refractivity contribution >= 4 is 0 Å². The number of ether oxygens (including phenoxy) is 2. The molecule has 3 atom stereocenters. The molecular formula is C16H26O3. The molecule has 0 aromatic carbocycles. The third-order valence-corrected chi connectivity index (χ3v) is 5.88. The molecule has 19 heavy (non-hydrogen) atoms. The molecule has 0 amide bonds. The van der Waals surface area contributed by atoms with Crippen LogP contribution in [-0.2, 0) is 9.47 Å². The Labute approximate surface area is 116 Å². The number of fused-ring (bicyclic) bond motifs is 1. The normalized spacial score (nSPS) is 45.1. The van der Waals surface area contributed by atoms with E-state index in [-0.39, 0.29) is 5.41 Å². The summed E-state index contributed by atoms with van der Waals surface area (Å²) < 4.78 is 11.7. The lowest BCUT2D eigenvalue weighted by Gasteiger charge is -2.57. The second-order valence-electron chi connectivity index (χ2n) is 7.16. The molecule has 1 heterocycles. The first-order valence-corrected chi connectivity index (χ1v) is 7.54. The minimum atomic E-state index is -0.669. The van der Waals surface area contributed by atoms with E-state index in [1.54, 1.807) is 0 Å². The summed E-state index contributed by atoms with van der Waals surface area (Å²) in [5.41, 5.74) is 0.542. The minimum Gasteiger partial charge on any atom is -0.389 e. The molecule has 2 saturated carbocycles. The molecule has 0 bridgehead atoms. The van der Waals surface area contributed by atoms with Crippen LogP contribution in [0.5, 0.6) is 0 Å². The summed E-state index contributed by atoms with van der Waals surface area (Å²) in [5.74, 6) is -0.0692. The predicted molar refractivity (Wildman–Crippen MR) is 73.7 cm³/mol. The van der Waals surface area contributed by atoms with Crippen LogP contribution in [0.4, 0.5) is 0 Å². The predicted octanol–water partition coefficient (Wildman–Crippen LogP) is 3.03. The third kappa shape index (κ3) is 2.07. The van der Waals surface area contributed by atoms with E-state index in [4.69, 9.17) is 9.47 Å². The first-order valence-electron chi connectivity index (χ1n) is 7.54. The van der Waals surface area contributed by atoms with Crippen molar-refractivity contribution in [1.29, 1.82) is 0 Å². The van der Waals surface area contributed by atoms with Crippen LogP contribution in [-0.4, -0.2) is 29.7 Å². The smallest absolute Gasteiger partial charge is 0.171 e. The van der Waals surface area contributed by atoms with Crippen molar-refractivity contribution in [2.24, 2.45) is 11.3 Å². The van der Waals surface area contributed by atoms with Crippen LogP contribution >= 0.6 is 0 Å². The van der Waals surface area contributed by atoms with E-state index < -0.39 is 11.4 Å². The molecule has 1 N–H and O–H groups in total. The molecule has 1 spiro atoms. The van der Waals surface area contributed by atoms with Crippen molar-refractivity contribution < 1.29 is 14.6 Å². The number of hydrogen-bond donors (Lipinski definition) is 1. The molecule has 1 saturated heterocycles. The van der Waals surface area contributed by atoms with E-state index in [1.165, 1.54) is 5.57 Å². The molecule has 3 heteroatoms. The fourth-order valence-electron chi connectivity index (χ4n) is 4.29. The Morgan fingerprint density at radius 3 is 2.53 bits per heavy atom. The van der Waals surface area contributed by atoms with Crippen LogP contribution in [0.25, 0.3) is 0 Å². The fourth-order valence-corrected chi connectivity index (χ4v) is 4.29. The zero-order valence-electron chi connectivity index (χ0n) is 12.2.